The van der Waals surface area contributed by atoms with Crippen molar-refractivity contribution in [3.05, 3.63) is 35.4 Å². The van der Waals surface area contributed by atoms with Crippen LogP contribution in [0, 0.1) is 0 Å². The van der Waals surface area contributed by atoms with Gasteiger partial charge in [-0.05, 0) is 34.4 Å². The number of nitrogens with two attached hydrogens (primary N) is 1. The van der Waals surface area contributed by atoms with E-state index >= 15 is 0 Å². The summed E-state index contributed by atoms with van der Waals surface area (Å²) in [5, 5.41) is 10.7. The number of benzene rings is 1. The number of aromatic nitrogens is 4. The molecule has 0 atom stereocenters. The summed E-state index contributed by atoms with van der Waals surface area (Å²) < 4.78 is 1.31. The lowest BCUT2D eigenvalue weighted by atomic mass is 10.1. The highest BCUT2D eigenvalue weighted by molar-refractivity contribution is 5.76. The molecule has 1 aromatic heterocycles. The Labute approximate surface area is 116 Å². The first-order valence-electron chi connectivity index (χ1n) is 6.49. The fourth-order valence-corrected chi connectivity index (χ4v) is 2.58. The van der Waals surface area contributed by atoms with Gasteiger partial charge in [0.1, 0.15) is 6.54 Å². The van der Waals surface area contributed by atoms with E-state index in [4.69, 9.17) is 5.73 Å². The zero-order valence-electron chi connectivity index (χ0n) is 11.2. The van der Waals surface area contributed by atoms with E-state index in [9.17, 15) is 4.79 Å². The predicted octanol–water partition coefficient (Wildman–Crippen LogP) is -0.119. The normalized spacial score (nSPS) is 14.2. The SMILES string of the molecule is CN(C(=O)Cn1nnnc1N)C1Cc2ccccc2C1. The van der Waals surface area contributed by atoms with Crippen LogP contribution in [-0.2, 0) is 24.2 Å². The van der Waals surface area contributed by atoms with Gasteiger partial charge < -0.3 is 10.6 Å². The number of anilines is 1. The van der Waals surface area contributed by atoms with Crippen molar-refractivity contribution in [3.8, 4) is 0 Å². The fraction of sp³-hybridized carbons (Fsp3) is 0.385. The highest BCUT2D eigenvalue weighted by Gasteiger charge is 2.27. The quantitative estimate of drug-likeness (QED) is 0.841. The Kier molecular flexibility index (Phi) is 3.09. The van der Waals surface area contributed by atoms with Gasteiger partial charge in [0, 0.05) is 13.1 Å². The number of hydrogen-bond donors (Lipinski definition) is 1. The van der Waals surface area contributed by atoms with Crippen LogP contribution in [0.5, 0.6) is 0 Å². The van der Waals surface area contributed by atoms with Gasteiger partial charge in [0.25, 0.3) is 0 Å². The molecule has 0 saturated carbocycles. The number of tetrazole rings is 1. The molecule has 20 heavy (non-hydrogen) atoms. The van der Waals surface area contributed by atoms with E-state index in [0.717, 1.165) is 12.8 Å². The maximum atomic E-state index is 12.3. The van der Waals surface area contributed by atoms with Gasteiger partial charge in [-0.2, -0.15) is 0 Å². The van der Waals surface area contributed by atoms with Gasteiger partial charge in [-0.3, -0.25) is 4.79 Å². The van der Waals surface area contributed by atoms with Gasteiger partial charge in [0.05, 0.1) is 0 Å². The van der Waals surface area contributed by atoms with E-state index in [1.807, 2.05) is 19.2 Å². The molecule has 0 aliphatic heterocycles. The van der Waals surface area contributed by atoms with Gasteiger partial charge in [0.2, 0.25) is 11.9 Å². The highest BCUT2D eigenvalue weighted by Crippen LogP contribution is 2.24. The van der Waals surface area contributed by atoms with Crippen molar-refractivity contribution in [2.75, 3.05) is 12.8 Å². The predicted molar refractivity (Wildman–Crippen MR) is 72.6 cm³/mol. The minimum atomic E-state index is -0.0400. The van der Waals surface area contributed by atoms with Crippen molar-refractivity contribution in [2.45, 2.75) is 25.4 Å². The van der Waals surface area contributed by atoms with Crippen molar-refractivity contribution in [3.63, 3.8) is 0 Å². The third-order valence-electron chi connectivity index (χ3n) is 3.82. The Hall–Kier alpha value is -2.44. The van der Waals surface area contributed by atoms with Crippen LogP contribution in [0.1, 0.15) is 11.1 Å². The molecule has 0 saturated heterocycles. The molecule has 0 radical (unpaired) electrons. The molecule has 7 nitrogen and oxygen atoms in total. The molecule has 0 fully saturated rings. The van der Waals surface area contributed by atoms with Crippen molar-refractivity contribution < 1.29 is 4.79 Å². The Morgan fingerprint density at radius 3 is 2.60 bits per heavy atom. The van der Waals surface area contributed by atoms with Crippen LogP contribution in [0.3, 0.4) is 0 Å². The lowest BCUT2D eigenvalue weighted by Gasteiger charge is -2.24. The Balaban J connectivity index is 1.67. The highest BCUT2D eigenvalue weighted by atomic mass is 16.2. The molecule has 7 heteroatoms. The summed E-state index contributed by atoms with van der Waals surface area (Å²) in [6.45, 7) is 0.0716. The topological polar surface area (TPSA) is 89.9 Å². The number of carbonyl (C=O) groups excluding carboxylic acids is 1. The summed E-state index contributed by atoms with van der Waals surface area (Å²) in [6, 6.07) is 8.49. The number of nitrogens with zero attached hydrogens (tertiary/aromatic N) is 5. The second-order valence-electron chi connectivity index (χ2n) is 5.03. The summed E-state index contributed by atoms with van der Waals surface area (Å²) in [6.07, 6.45) is 1.78. The largest absolute Gasteiger partial charge is 0.367 e. The molecule has 1 aliphatic rings. The number of likely N-dealkylation sites (N-methyl/N-ethyl adjacent to an activating group) is 1. The van der Waals surface area contributed by atoms with Crippen molar-refractivity contribution in [1.29, 1.82) is 0 Å². The molecule has 2 aromatic rings. The van der Waals surface area contributed by atoms with Crippen LogP contribution in [0.4, 0.5) is 5.95 Å². The summed E-state index contributed by atoms with van der Waals surface area (Å²) in [7, 11) is 1.82. The van der Waals surface area contributed by atoms with Crippen LogP contribution in [0.2, 0.25) is 0 Å². The van der Waals surface area contributed by atoms with Gasteiger partial charge in [-0.25, -0.2) is 4.68 Å². The molecule has 1 aliphatic carbocycles. The average Bonchev–Trinajstić information content (AvgIpc) is 3.04. The molecule has 1 heterocycles. The standard InChI is InChI=1S/C13H16N6O/c1-18(12(20)8-19-13(14)15-16-17-19)11-6-9-4-2-3-5-10(9)7-11/h2-5,11H,6-8H2,1H3,(H2,14,15,17). The average molecular weight is 272 g/mol. The first-order chi connectivity index (χ1) is 9.65. The Morgan fingerprint density at radius 2 is 2.05 bits per heavy atom. The summed E-state index contributed by atoms with van der Waals surface area (Å²) in [4.78, 5) is 14.0. The maximum absolute atomic E-state index is 12.3. The van der Waals surface area contributed by atoms with Crippen LogP contribution < -0.4 is 5.73 Å². The summed E-state index contributed by atoms with van der Waals surface area (Å²) >= 11 is 0. The Morgan fingerprint density at radius 1 is 1.40 bits per heavy atom. The van der Waals surface area contributed by atoms with Gasteiger partial charge in [-0.1, -0.05) is 29.4 Å². The molecule has 2 N–H and O–H groups in total. The number of fused-ring (bicyclic) bond motifs is 1. The molecule has 1 amide bonds. The zero-order valence-corrected chi connectivity index (χ0v) is 11.2. The van der Waals surface area contributed by atoms with Crippen LogP contribution in [0.25, 0.3) is 0 Å². The number of carbonyl (C=O) groups is 1. The second kappa shape index (κ2) is 4.92. The van der Waals surface area contributed by atoms with Gasteiger partial charge >= 0.3 is 0 Å². The minimum absolute atomic E-state index is 0.0400. The summed E-state index contributed by atoms with van der Waals surface area (Å²) in [5.41, 5.74) is 8.20. The van der Waals surface area contributed by atoms with E-state index in [2.05, 4.69) is 27.7 Å². The van der Waals surface area contributed by atoms with Gasteiger partial charge in [-0.15, -0.1) is 0 Å². The number of hydrogen-bond acceptors (Lipinski definition) is 5. The first-order valence-corrected chi connectivity index (χ1v) is 6.49. The molecule has 3 rings (SSSR count). The maximum Gasteiger partial charge on any atom is 0.244 e. The number of amides is 1. The van der Waals surface area contributed by atoms with Crippen LogP contribution in [0.15, 0.2) is 24.3 Å². The molecule has 0 bridgehead atoms. The van der Waals surface area contributed by atoms with Crippen molar-refractivity contribution in [1.82, 2.24) is 25.1 Å². The van der Waals surface area contributed by atoms with Crippen molar-refractivity contribution in [2.24, 2.45) is 0 Å². The first kappa shape index (κ1) is 12.6. The van der Waals surface area contributed by atoms with E-state index < -0.39 is 0 Å². The van der Waals surface area contributed by atoms with E-state index in [1.165, 1.54) is 15.8 Å². The third kappa shape index (κ3) is 2.22. The molecule has 0 unspecified atom stereocenters. The smallest absolute Gasteiger partial charge is 0.244 e. The fourth-order valence-electron chi connectivity index (χ4n) is 2.58. The molecule has 1 aromatic carbocycles. The van der Waals surface area contributed by atoms with E-state index in [1.54, 1.807) is 4.90 Å². The lowest BCUT2D eigenvalue weighted by molar-refractivity contribution is -0.132. The zero-order chi connectivity index (χ0) is 14.1. The van der Waals surface area contributed by atoms with E-state index in [0.29, 0.717) is 0 Å². The molecular formula is C13H16N6O. The van der Waals surface area contributed by atoms with Crippen molar-refractivity contribution >= 4 is 11.9 Å². The second-order valence-corrected chi connectivity index (χ2v) is 5.03. The molecule has 104 valence electrons. The Bertz CT molecular complexity index is 612. The number of rotatable bonds is 3. The lowest BCUT2D eigenvalue weighted by Crippen LogP contribution is -2.39. The molecule has 0 spiro atoms. The third-order valence-corrected chi connectivity index (χ3v) is 3.82. The minimum Gasteiger partial charge on any atom is -0.367 e. The molecular weight excluding hydrogens is 256 g/mol. The monoisotopic (exact) mass is 272 g/mol. The van der Waals surface area contributed by atoms with E-state index in [-0.39, 0.29) is 24.4 Å². The van der Waals surface area contributed by atoms with Crippen LogP contribution >= 0.6 is 0 Å². The van der Waals surface area contributed by atoms with Crippen LogP contribution in [-0.4, -0.2) is 44.1 Å². The summed E-state index contributed by atoms with van der Waals surface area (Å²) in [5.74, 6) is 0.114. The van der Waals surface area contributed by atoms with Gasteiger partial charge in [0.15, 0.2) is 0 Å². The number of nitrogen functional groups attached to an aromatic ring is 1.